The molecule has 0 atom stereocenters. The van der Waals surface area contributed by atoms with Crippen molar-refractivity contribution in [3.05, 3.63) is 59.7 Å². The summed E-state index contributed by atoms with van der Waals surface area (Å²) < 4.78 is 20.8. The standard InChI is InChI=1S/C24H26FN7O2S/c1-30-7-9-31(10-8-30)21-13-23(28-16-27-21)34-11-6-26-22(33)12-19-15-35-24-29-20(14-32(19)24)17-2-4-18(25)5-3-17/h2-5,13-16H,6-12H2,1H3,(H,26,33). The van der Waals surface area contributed by atoms with Crippen LogP contribution in [0.25, 0.3) is 16.2 Å². The van der Waals surface area contributed by atoms with E-state index in [-0.39, 0.29) is 18.1 Å². The van der Waals surface area contributed by atoms with Crippen LogP contribution >= 0.6 is 11.3 Å². The first-order valence-corrected chi connectivity index (χ1v) is 12.3. The largest absolute Gasteiger partial charge is 0.476 e. The van der Waals surface area contributed by atoms with Gasteiger partial charge in [0.15, 0.2) is 4.96 Å². The maximum Gasteiger partial charge on any atom is 0.226 e. The van der Waals surface area contributed by atoms with Crippen molar-refractivity contribution in [2.45, 2.75) is 6.42 Å². The van der Waals surface area contributed by atoms with Crippen molar-refractivity contribution in [1.29, 1.82) is 0 Å². The lowest BCUT2D eigenvalue weighted by atomic mass is 10.2. The van der Waals surface area contributed by atoms with Gasteiger partial charge in [-0.2, -0.15) is 0 Å². The second-order valence-electron chi connectivity index (χ2n) is 8.39. The Morgan fingerprint density at radius 2 is 1.97 bits per heavy atom. The molecule has 182 valence electrons. The number of hydrogen-bond acceptors (Lipinski definition) is 8. The maximum atomic E-state index is 13.2. The minimum Gasteiger partial charge on any atom is -0.476 e. The third kappa shape index (κ3) is 5.57. The first-order chi connectivity index (χ1) is 17.0. The molecule has 0 saturated carbocycles. The molecule has 0 spiro atoms. The van der Waals surface area contributed by atoms with Crippen LogP contribution in [-0.2, 0) is 11.2 Å². The first kappa shape index (κ1) is 23.2. The number of benzene rings is 1. The molecule has 0 radical (unpaired) electrons. The van der Waals surface area contributed by atoms with E-state index < -0.39 is 0 Å². The predicted octanol–water partition coefficient (Wildman–Crippen LogP) is 2.48. The monoisotopic (exact) mass is 495 g/mol. The number of thiazole rings is 1. The average molecular weight is 496 g/mol. The zero-order valence-corrected chi connectivity index (χ0v) is 20.2. The van der Waals surface area contributed by atoms with E-state index in [0.717, 1.165) is 53.9 Å². The second-order valence-corrected chi connectivity index (χ2v) is 9.23. The second kappa shape index (κ2) is 10.4. The zero-order valence-electron chi connectivity index (χ0n) is 19.4. The number of hydrogen-bond donors (Lipinski definition) is 1. The molecule has 1 amide bonds. The summed E-state index contributed by atoms with van der Waals surface area (Å²) in [5.74, 6) is 0.959. The summed E-state index contributed by atoms with van der Waals surface area (Å²) in [7, 11) is 2.11. The molecule has 1 N–H and O–H groups in total. The minimum absolute atomic E-state index is 0.105. The number of imidazole rings is 1. The predicted molar refractivity (Wildman–Crippen MR) is 132 cm³/mol. The number of nitrogens with one attached hydrogen (secondary N) is 1. The van der Waals surface area contributed by atoms with Gasteiger partial charge in [0.05, 0.1) is 18.7 Å². The van der Waals surface area contributed by atoms with E-state index in [4.69, 9.17) is 4.74 Å². The van der Waals surface area contributed by atoms with Crippen molar-refractivity contribution < 1.29 is 13.9 Å². The van der Waals surface area contributed by atoms with Crippen LogP contribution in [0.3, 0.4) is 0 Å². The number of amides is 1. The first-order valence-electron chi connectivity index (χ1n) is 11.4. The van der Waals surface area contributed by atoms with Crippen LogP contribution in [-0.4, -0.2) is 76.5 Å². The summed E-state index contributed by atoms with van der Waals surface area (Å²) in [5, 5.41) is 4.81. The summed E-state index contributed by atoms with van der Waals surface area (Å²) >= 11 is 1.47. The van der Waals surface area contributed by atoms with Gasteiger partial charge in [0, 0.05) is 55.1 Å². The van der Waals surface area contributed by atoms with Crippen LogP contribution in [0.15, 0.2) is 48.2 Å². The van der Waals surface area contributed by atoms with Crippen molar-refractivity contribution in [3.8, 4) is 17.1 Å². The molecule has 1 fully saturated rings. The number of fused-ring (bicyclic) bond motifs is 1. The highest BCUT2D eigenvalue weighted by molar-refractivity contribution is 7.15. The van der Waals surface area contributed by atoms with E-state index in [1.54, 1.807) is 12.1 Å². The lowest BCUT2D eigenvalue weighted by molar-refractivity contribution is -0.120. The number of nitrogens with zero attached hydrogens (tertiary/aromatic N) is 6. The van der Waals surface area contributed by atoms with Gasteiger partial charge in [-0.1, -0.05) is 0 Å². The number of piperazine rings is 1. The van der Waals surface area contributed by atoms with Crippen LogP contribution in [0.5, 0.6) is 5.88 Å². The van der Waals surface area contributed by atoms with Gasteiger partial charge >= 0.3 is 0 Å². The summed E-state index contributed by atoms with van der Waals surface area (Å²) in [6.45, 7) is 4.50. The van der Waals surface area contributed by atoms with Gasteiger partial charge in [0.25, 0.3) is 0 Å². The van der Waals surface area contributed by atoms with E-state index in [1.807, 2.05) is 22.0 Å². The van der Waals surface area contributed by atoms with Crippen LogP contribution in [0, 0.1) is 5.82 Å². The highest BCUT2D eigenvalue weighted by atomic mass is 32.1. The van der Waals surface area contributed by atoms with Crippen LogP contribution < -0.4 is 15.0 Å². The molecule has 4 aromatic rings. The number of carbonyl (C=O) groups excluding carboxylic acids is 1. The Morgan fingerprint density at radius 1 is 1.17 bits per heavy atom. The molecule has 4 heterocycles. The summed E-state index contributed by atoms with van der Waals surface area (Å²) in [6, 6.07) is 8.05. The molecular formula is C24H26FN7O2S. The molecule has 5 rings (SSSR count). The third-order valence-electron chi connectivity index (χ3n) is 5.89. The number of ether oxygens (including phenoxy) is 1. The lowest BCUT2D eigenvalue weighted by Crippen LogP contribution is -2.44. The van der Waals surface area contributed by atoms with E-state index in [2.05, 4.69) is 37.1 Å². The molecule has 1 aliphatic rings. The van der Waals surface area contributed by atoms with Crippen molar-refractivity contribution in [1.82, 2.24) is 29.6 Å². The minimum atomic E-state index is -0.286. The Kier molecular flexibility index (Phi) is 6.87. The van der Waals surface area contributed by atoms with Crippen LogP contribution in [0.2, 0.25) is 0 Å². The van der Waals surface area contributed by atoms with Crippen molar-refractivity contribution >= 4 is 28.0 Å². The summed E-state index contributed by atoms with van der Waals surface area (Å²) in [4.78, 5) is 30.9. The van der Waals surface area contributed by atoms with Gasteiger partial charge in [0.2, 0.25) is 11.8 Å². The molecule has 3 aromatic heterocycles. The number of likely N-dealkylation sites (N-methyl/N-ethyl adjacent to an activating group) is 1. The maximum absolute atomic E-state index is 13.2. The summed E-state index contributed by atoms with van der Waals surface area (Å²) in [5.41, 5.74) is 2.42. The Bertz CT molecular complexity index is 1300. The smallest absolute Gasteiger partial charge is 0.226 e. The lowest BCUT2D eigenvalue weighted by Gasteiger charge is -2.33. The Balaban J connectivity index is 1.11. The molecule has 1 aromatic carbocycles. The van der Waals surface area contributed by atoms with Crippen molar-refractivity contribution in [3.63, 3.8) is 0 Å². The fraction of sp³-hybridized carbons (Fsp3) is 0.333. The number of carbonyl (C=O) groups is 1. The highest BCUT2D eigenvalue weighted by Gasteiger charge is 2.16. The van der Waals surface area contributed by atoms with Crippen molar-refractivity contribution in [2.24, 2.45) is 0 Å². The number of aromatic nitrogens is 4. The molecule has 0 unspecified atom stereocenters. The van der Waals surface area contributed by atoms with Gasteiger partial charge in [-0.15, -0.1) is 11.3 Å². The Morgan fingerprint density at radius 3 is 2.77 bits per heavy atom. The molecular weight excluding hydrogens is 469 g/mol. The average Bonchev–Trinajstić information content (AvgIpc) is 3.45. The Hall–Kier alpha value is -3.57. The topological polar surface area (TPSA) is 87.9 Å². The molecule has 1 aliphatic heterocycles. The number of rotatable bonds is 8. The van der Waals surface area contributed by atoms with E-state index in [1.165, 1.54) is 29.8 Å². The van der Waals surface area contributed by atoms with Gasteiger partial charge in [0.1, 0.15) is 24.6 Å². The zero-order chi connectivity index (χ0) is 24.2. The number of halogens is 1. The number of anilines is 1. The molecule has 0 aliphatic carbocycles. The SMILES string of the molecule is CN1CCN(c2cc(OCCNC(=O)Cc3csc4nc(-c5ccc(F)cc5)cn34)ncn2)CC1. The fourth-order valence-corrected chi connectivity index (χ4v) is 4.78. The van der Waals surface area contributed by atoms with E-state index in [0.29, 0.717) is 19.0 Å². The molecule has 1 saturated heterocycles. The van der Waals surface area contributed by atoms with Crippen LogP contribution in [0.1, 0.15) is 5.69 Å². The molecule has 9 nitrogen and oxygen atoms in total. The highest BCUT2D eigenvalue weighted by Crippen LogP contribution is 2.24. The van der Waals surface area contributed by atoms with Gasteiger partial charge in [-0.05, 0) is 31.3 Å². The van der Waals surface area contributed by atoms with Gasteiger partial charge < -0.3 is 19.9 Å². The van der Waals surface area contributed by atoms with E-state index in [9.17, 15) is 9.18 Å². The van der Waals surface area contributed by atoms with Gasteiger partial charge in [-0.25, -0.2) is 19.3 Å². The van der Waals surface area contributed by atoms with Gasteiger partial charge in [-0.3, -0.25) is 9.20 Å². The van der Waals surface area contributed by atoms with E-state index >= 15 is 0 Å². The third-order valence-corrected chi connectivity index (χ3v) is 6.78. The fourth-order valence-electron chi connectivity index (χ4n) is 3.91. The quantitative estimate of drug-likeness (QED) is 0.376. The van der Waals surface area contributed by atoms with Crippen LogP contribution in [0.4, 0.5) is 10.2 Å². The molecule has 11 heteroatoms. The normalized spacial score (nSPS) is 14.4. The molecule has 0 bridgehead atoms. The van der Waals surface area contributed by atoms with Crippen molar-refractivity contribution in [2.75, 3.05) is 51.3 Å². The molecule has 35 heavy (non-hydrogen) atoms. The summed E-state index contributed by atoms with van der Waals surface area (Å²) in [6.07, 6.45) is 3.60. The Labute approximate surface area is 206 Å².